The number of nitriles is 1. The van der Waals surface area contributed by atoms with Gasteiger partial charge < -0.3 is 11.1 Å². The minimum absolute atomic E-state index is 0.115. The number of hydrogen-bond donors (Lipinski definition) is 2. The molecule has 21 heavy (non-hydrogen) atoms. The van der Waals surface area contributed by atoms with Crippen molar-refractivity contribution in [3.05, 3.63) is 63.8 Å². The number of nitrogens with two attached hydrogens (primary N) is 1. The van der Waals surface area contributed by atoms with Crippen LogP contribution in [0.4, 0.5) is 11.5 Å². The van der Waals surface area contributed by atoms with Gasteiger partial charge in [0.2, 0.25) is 0 Å². The molecule has 3 N–H and O–H groups in total. The molecular formula is C14H13N5O2. The molecule has 0 saturated carbocycles. The molecular weight excluding hydrogens is 270 g/mol. The summed E-state index contributed by atoms with van der Waals surface area (Å²) < 4.78 is 0. The molecule has 2 rings (SSSR count). The van der Waals surface area contributed by atoms with Gasteiger partial charge in [-0.15, -0.1) is 0 Å². The van der Waals surface area contributed by atoms with Gasteiger partial charge in [0, 0.05) is 18.7 Å². The lowest BCUT2D eigenvalue weighted by Gasteiger charge is -2.14. The maximum Gasteiger partial charge on any atom is 0.289 e. The van der Waals surface area contributed by atoms with Crippen molar-refractivity contribution in [2.75, 3.05) is 11.9 Å². The van der Waals surface area contributed by atoms with E-state index in [1.807, 2.05) is 36.4 Å². The minimum atomic E-state index is -0.590. The summed E-state index contributed by atoms with van der Waals surface area (Å²) in [5, 5.41) is 22.6. The summed E-state index contributed by atoms with van der Waals surface area (Å²) in [6, 6.07) is 12.3. The summed E-state index contributed by atoms with van der Waals surface area (Å²) in [5.74, 6) is 0.287. The highest BCUT2D eigenvalue weighted by molar-refractivity contribution is 5.55. The van der Waals surface area contributed by atoms with Crippen LogP contribution in [0.15, 0.2) is 42.6 Å². The molecule has 1 heterocycles. The molecule has 0 fully saturated rings. The van der Waals surface area contributed by atoms with Gasteiger partial charge in [0.05, 0.1) is 4.92 Å². The molecule has 0 aliphatic carbocycles. The molecule has 7 nitrogen and oxygen atoms in total. The molecule has 0 amide bonds. The van der Waals surface area contributed by atoms with E-state index >= 15 is 0 Å². The summed E-state index contributed by atoms with van der Waals surface area (Å²) in [5.41, 5.74) is 6.88. The Hall–Kier alpha value is -2.98. The van der Waals surface area contributed by atoms with Crippen molar-refractivity contribution in [3.63, 3.8) is 0 Å². The van der Waals surface area contributed by atoms with Crippen LogP contribution in [0.2, 0.25) is 0 Å². The zero-order valence-electron chi connectivity index (χ0n) is 11.1. The van der Waals surface area contributed by atoms with E-state index in [2.05, 4.69) is 10.3 Å². The molecule has 0 spiro atoms. The van der Waals surface area contributed by atoms with Crippen LogP contribution in [0, 0.1) is 21.4 Å². The number of benzene rings is 1. The zero-order valence-corrected chi connectivity index (χ0v) is 11.1. The molecule has 2 aromatic rings. The largest absolute Gasteiger partial charge is 0.367 e. The fourth-order valence-corrected chi connectivity index (χ4v) is 1.80. The second-order valence-corrected chi connectivity index (χ2v) is 4.36. The molecule has 106 valence electrons. The molecule has 0 bridgehead atoms. The summed E-state index contributed by atoms with van der Waals surface area (Å²) in [4.78, 5) is 14.0. The van der Waals surface area contributed by atoms with Crippen molar-refractivity contribution in [2.24, 2.45) is 5.73 Å². The number of rotatable bonds is 5. The summed E-state index contributed by atoms with van der Waals surface area (Å²) in [7, 11) is 0. The number of anilines is 1. The number of nitrogens with zero attached hydrogens (tertiary/aromatic N) is 3. The first kappa shape index (κ1) is 14.4. The monoisotopic (exact) mass is 283 g/mol. The number of aromatic nitrogens is 1. The van der Waals surface area contributed by atoms with Crippen molar-refractivity contribution in [1.29, 1.82) is 5.26 Å². The van der Waals surface area contributed by atoms with Gasteiger partial charge in [-0.1, -0.05) is 30.3 Å². The van der Waals surface area contributed by atoms with Gasteiger partial charge in [0.15, 0.2) is 0 Å². The molecule has 1 unspecified atom stereocenters. The number of pyridine rings is 1. The average Bonchev–Trinajstić information content (AvgIpc) is 2.53. The quantitative estimate of drug-likeness (QED) is 0.639. The standard InChI is InChI=1S/C14H13N5O2/c15-7-11-6-12(19(20)21)8-17-14(11)18-9-13(16)10-4-2-1-3-5-10/h1-6,8,13H,9,16H2,(H,17,18). The Morgan fingerprint density at radius 3 is 2.76 bits per heavy atom. The van der Waals surface area contributed by atoms with Crippen LogP contribution in [0.3, 0.4) is 0 Å². The van der Waals surface area contributed by atoms with Gasteiger partial charge in [-0.3, -0.25) is 10.1 Å². The fourth-order valence-electron chi connectivity index (χ4n) is 1.80. The van der Waals surface area contributed by atoms with Gasteiger partial charge in [-0.05, 0) is 5.56 Å². The van der Waals surface area contributed by atoms with Gasteiger partial charge in [-0.25, -0.2) is 4.98 Å². The van der Waals surface area contributed by atoms with E-state index in [4.69, 9.17) is 11.0 Å². The van der Waals surface area contributed by atoms with Crippen LogP contribution in [0.5, 0.6) is 0 Å². The SMILES string of the molecule is N#Cc1cc([N+](=O)[O-])cnc1NCC(N)c1ccccc1. The fraction of sp³-hybridized carbons (Fsp3) is 0.143. The Labute approximate surface area is 121 Å². The highest BCUT2D eigenvalue weighted by atomic mass is 16.6. The van der Waals surface area contributed by atoms with E-state index in [0.29, 0.717) is 6.54 Å². The highest BCUT2D eigenvalue weighted by Gasteiger charge is 2.13. The van der Waals surface area contributed by atoms with Crippen LogP contribution in [-0.4, -0.2) is 16.5 Å². The maximum absolute atomic E-state index is 10.6. The third kappa shape index (κ3) is 3.52. The predicted molar refractivity (Wildman–Crippen MR) is 77.5 cm³/mol. The number of nitrogens with one attached hydrogen (secondary N) is 1. The molecule has 0 radical (unpaired) electrons. The molecule has 0 aliphatic heterocycles. The lowest BCUT2D eigenvalue weighted by molar-refractivity contribution is -0.385. The molecule has 0 saturated heterocycles. The highest BCUT2D eigenvalue weighted by Crippen LogP contribution is 2.19. The normalized spacial score (nSPS) is 11.4. The summed E-state index contributed by atoms with van der Waals surface area (Å²) >= 11 is 0. The second kappa shape index (κ2) is 6.45. The van der Waals surface area contributed by atoms with Gasteiger partial charge in [-0.2, -0.15) is 5.26 Å². The summed E-state index contributed by atoms with van der Waals surface area (Å²) in [6.45, 7) is 0.365. The third-order valence-corrected chi connectivity index (χ3v) is 2.92. The van der Waals surface area contributed by atoms with Crippen molar-refractivity contribution in [3.8, 4) is 6.07 Å². The molecule has 1 aromatic heterocycles. The van der Waals surface area contributed by atoms with Crippen LogP contribution >= 0.6 is 0 Å². The lowest BCUT2D eigenvalue weighted by atomic mass is 10.1. The van der Waals surface area contributed by atoms with Crippen molar-refractivity contribution in [1.82, 2.24) is 4.98 Å². The van der Waals surface area contributed by atoms with E-state index in [9.17, 15) is 10.1 Å². The minimum Gasteiger partial charge on any atom is -0.367 e. The van der Waals surface area contributed by atoms with E-state index in [0.717, 1.165) is 11.8 Å². The Balaban J connectivity index is 2.10. The predicted octanol–water partition coefficient (Wildman–Crippen LogP) is 1.97. The zero-order chi connectivity index (χ0) is 15.2. The number of hydrogen-bond acceptors (Lipinski definition) is 6. The van der Waals surface area contributed by atoms with Crippen molar-refractivity contribution >= 4 is 11.5 Å². The topological polar surface area (TPSA) is 118 Å². The Kier molecular flexibility index (Phi) is 4.43. The van der Waals surface area contributed by atoms with Gasteiger partial charge in [0.25, 0.3) is 5.69 Å². The third-order valence-electron chi connectivity index (χ3n) is 2.92. The molecule has 1 atom stereocenters. The molecule has 0 aliphatic rings. The van der Waals surface area contributed by atoms with E-state index in [1.165, 1.54) is 6.07 Å². The first-order chi connectivity index (χ1) is 10.1. The van der Waals surface area contributed by atoms with Crippen molar-refractivity contribution in [2.45, 2.75) is 6.04 Å². The first-order valence-corrected chi connectivity index (χ1v) is 6.20. The maximum atomic E-state index is 10.6. The van der Waals surface area contributed by atoms with Gasteiger partial charge in [0.1, 0.15) is 23.6 Å². The smallest absolute Gasteiger partial charge is 0.289 e. The van der Waals surface area contributed by atoms with Crippen LogP contribution < -0.4 is 11.1 Å². The van der Waals surface area contributed by atoms with Crippen LogP contribution in [-0.2, 0) is 0 Å². The van der Waals surface area contributed by atoms with E-state index in [1.54, 1.807) is 0 Å². The van der Waals surface area contributed by atoms with Crippen molar-refractivity contribution < 1.29 is 4.92 Å². The Bertz CT molecular complexity index is 682. The average molecular weight is 283 g/mol. The first-order valence-electron chi connectivity index (χ1n) is 6.20. The Morgan fingerprint density at radius 2 is 2.14 bits per heavy atom. The molecule has 1 aromatic carbocycles. The second-order valence-electron chi connectivity index (χ2n) is 4.36. The number of nitro groups is 1. The van der Waals surface area contributed by atoms with Crippen LogP contribution in [0.25, 0.3) is 0 Å². The molecule has 7 heteroatoms. The Morgan fingerprint density at radius 1 is 1.43 bits per heavy atom. The van der Waals surface area contributed by atoms with E-state index < -0.39 is 4.92 Å². The van der Waals surface area contributed by atoms with Crippen LogP contribution in [0.1, 0.15) is 17.2 Å². The summed E-state index contributed by atoms with van der Waals surface area (Å²) in [6.07, 6.45) is 1.11. The van der Waals surface area contributed by atoms with E-state index in [-0.39, 0.29) is 23.1 Å². The van der Waals surface area contributed by atoms with Gasteiger partial charge >= 0.3 is 0 Å². The lowest BCUT2D eigenvalue weighted by Crippen LogP contribution is -2.21.